The predicted molar refractivity (Wildman–Crippen MR) is 91.6 cm³/mol. The molecule has 11 heteroatoms. The van der Waals surface area contributed by atoms with Gasteiger partial charge in [0.2, 0.25) is 0 Å². The minimum absolute atomic E-state index is 0.0221. The van der Waals surface area contributed by atoms with Gasteiger partial charge in [0.15, 0.2) is 5.65 Å². The summed E-state index contributed by atoms with van der Waals surface area (Å²) >= 11 is 0. The van der Waals surface area contributed by atoms with Crippen LogP contribution >= 0.6 is 0 Å². The maximum absolute atomic E-state index is 13.7. The Labute approximate surface area is 155 Å². The molecule has 0 saturated carbocycles. The van der Waals surface area contributed by atoms with E-state index in [1.807, 2.05) is 0 Å². The summed E-state index contributed by atoms with van der Waals surface area (Å²) in [7, 11) is 0. The molecular weight excluding hydrogens is 377 g/mol. The number of carbonyl (C=O) groups is 1. The van der Waals surface area contributed by atoms with E-state index in [9.17, 15) is 18.0 Å². The highest BCUT2D eigenvalue weighted by Crippen LogP contribution is 2.35. The Hall–Kier alpha value is -3.89. The van der Waals surface area contributed by atoms with E-state index in [-0.39, 0.29) is 28.3 Å². The van der Waals surface area contributed by atoms with Gasteiger partial charge in [0.1, 0.15) is 17.1 Å². The number of nitrogens with one attached hydrogen (secondary N) is 2. The summed E-state index contributed by atoms with van der Waals surface area (Å²) in [5.41, 5.74) is 0.748. The molecule has 4 aromatic rings. The molecule has 0 aliphatic heterocycles. The third kappa shape index (κ3) is 3.24. The number of aromatic nitrogens is 5. The number of ether oxygens (including phenoxy) is 1. The number of hydrogen-bond acceptors (Lipinski definition) is 5. The van der Waals surface area contributed by atoms with E-state index < -0.39 is 18.3 Å². The zero-order chi connectivity index (χ0) is 19.7. The van der Waals surface area contributed by atoms with Gasteiger partial charge < -0.3 is 10.1 Å². The number of alkyl halides is 2. The van der Waals surface area contributed by atoms with Crippen LogP contribution in [0.1, 0.15) is 10.4 Å². The van der Waals surface area contributed by atoms with Crippen LogP contribution < -0.4 is 10.1 Å². The number of aromatic amines is 1. The lowest BCUT2D eigenvalue weighted by molar-refractivity contribution is -0.0495. The molecule has 3 aromatic heterocycles. The van der Waals surface area contributed by atoms with E-state index in [0.29, 0.717) is 5.65 Å². The largest absolute Gasteiger partial charge is 0.434 e. The van der Waals surface area contributed by atoms with Crippen molar-refractivity contribution in [1.82, 2.24) is 24.8 Å². The minimum Gasteiger partial charge on any atom is -0.434 e. The third-order valence-electron chi connectivity index (χ3n) is 3.84. The number of amides is 1. The average Bonchev–Trinajstić information content (AvgIpc) is 3.29. The molecule has 0 spiro atoms. The van der Waals surface area contributed by atoms with Crippen molar-refractivity contribution in [1.29, 1.82) is 0 Å². The van der Waals surface area contributed by atoms with Gasteiger partial charge in [-0.15, -0.1) is 0 Å². The number of benzene rings is 1. The molecule has 0 unspecified atom stereocenters. The Balaban J connectivity index is 1.69. The SMILES string of the molecule is O=C(Nc1cn[nH]c1-c1cc(F)ccc1OC(F)F)c1cnn2cccnc12. The van der Waals surface area contributed by atoms with Crippen molar-refractivity contribution in [2.24, 2.45) is 0 Å². The van der Waals surface area contributed by atoms with Gasteiger partial charge in [-0.25, -0.2) is 13.9 Å². The van der Waals surface area contributed by atoms with Gasteiger partial charge in [0.05, 0.1) is 23.8 Å². The number of anilines is 1. The fourth-order valence-electron chi connectivity index (χ4n) is 2.66. The van der Waals surface area contributed by atoms with Gasteiger partial charge in [-0.3, -0.25) is 9.89 Å². The average molecular weight is 388 g/mol. The molecule has 0 radical (unpaired) electrons. The number of hydrogen-bond donors (Lipinski definition) is 2. The van der Waals surface area contributed by atoms with E-state index >= 15 is 0 Å². The van der Waals surface area contributed by atoms with Crippen LogP contribution in [0.15, 0.2) is 49.1 Å². The molecule has 0 bridgehead atoms. The molecule has 142 valence electrons. The Morgan fingerprint density at radius 1 is 1.29 bits per heavy atom. The van der Waals surface area contributed by atoms with E-state index in [2.05, 4.69) is 30.3 Å². The summed E-state index contributed by atoms with van der Waals surface area (Å²) < 4.78 is 44.9. The van der Waals surface area contributed by atoms with Crippen LogP contribution in [0.25, 0.3) is 16.9 Å². The first-order valence-electron chi connectivity index (χ1n) is 7.91. The normalized spacial score (nSPS) is 11.1. The second-order valence-corrected chi connectivity index (χ2v) is 5.58. The van der Waals surface area contributed by atoms with Crippen molar-refractivity contribution in [3.8, 4) is 17.0 Å². The Morgan fingerprint density at radius 3 is 2.96 bits per heavy atom. The molecule has 1 amide bonds. The van der Waals surface area contributed by atoms with Crippen LogP contribution in [0.4, 0.5) is 18.9 Å². The topological polar surface area (TPSA) is 97.2 Å². The van der Waals surface area contributed by atoms with Crippen molar-refractivity contribution in [2.75, 3.05) is 5.32 Å². The van der Waals surface area contributed by atoms with Crippen LogP contribution in [0.5, 0.6) is 5.75 Å². The van der Waals surface area contributed by atoms with Crippen LogP contribution in [0, 0.1) is 5.82 Å². The summed E-state index contributed by atoms with van der Waals surface area (Å²) in [5.74, 6) is -1.49. The molecule has 4 rings (SSSR count). The van der Waals surface area contributed by atoms with Gasteiger partial charge in [-0.05, 0) is 24.3 Å². The first kappa shape index (κ1) is 17.5. The smallest absolute Gasteiger partial charge is 0.387 e. The molecule has 0 atom stereocenters. The first-order chi connectivity index (χ1) is 13.5. The van der Waals surface area contributed by atoms with E-state index in [1.165, 1.54) is 23.1 Å². The molecule has 0 aliphatic rings. The van der Waals surface area contributed by atoms with Crippen molar-refractivity contribution in [3.05, 3.63) is 60.4 Å². The molecule has 3 heterocycles. The fraction of sp³-hybridized carbons (Fsp3) is 0.0588. The number of rotatable bonds is 5. The van der Waals surface area contributed by atoms with Crippen molar-refractivity contribution in [3.63, 3.8) is 0 Å². The third-order valence-corrected chi connectivity index (χ3v) is 3.84. The van der Waals surface area contributed by atoms with Crippen LogP contribution in [0.2, 0.25) is 0 Å². The van der Waals surface area contributed by atoms with Gasteiger partial charge in [0.25, 0.3) is 5.91 Å². The number of fused-ring (bicyclic) bond motifs is 1. The second kappa shape index (κ2) is 7.02. The van der Waals surface area contributed by atoms with Crippen LogP contribution in [0.3, 0.4) is 0 Å². The maximum atomic E-state index is 13.7. The van der Waals surface area contributed by atoms with E-state index in [4.69, 9.17) is 0 Å². The second-order valence-electron chi connectivity index (χ2n) is 5.58. The van der Waals surface area contributed by atoms with E-state index in [0.717, 1.165) is 18.2 Å². The molecule has 0 aliphatic carbocycles. The van der Waals surface area contributed by atoms with Gasteiger partial charge in [-0.2, -0.15) is 19.0 Å². The highest BCUT2D eigenvalue weighted by molar-refractivity contribution is 6.09. The molecule has 28 heavy (non-hydrogen) atoms. The Bertz CT molecular complexity index is 1160. The van der Waals surface area contributed by atoms with Gasteiger partial charge >= 0.3 is 6.61 Å². The number of H-pyrrole nitrogens is 1. The molecular formula is C17H11F3N6O2. The number of halogens is 3. The molecule has 1 aromatic carbocycles. The highest BCUT2D eigenvalue weighted by atomic mass is 19.3. The number of carbonyl (C=O) groups excluding carboxylic acids is 1. The molecule has 2 N–H and O–H groups in total. The lowest BCUT2D eigenvalue weighted by Gasteiger charge is -2.11. The van der Waals surface area contributed by atoms with Crippen molar-refractivity contribution >= 4 is 17.2 Å². The zero-order valence-electron chi connectivity index (χ0n) is 13.9. The lowest BCUT2D eigenvalue weighted by atomic mass is 10.1. The van der Waals surface area contributed by atoms with E-state index in [1.54, 1.807) is 12.3 Å². The quantitative estimate of drug-likeness (QED) is 0.548. The molecule has 8 nitrogen and oxygen atoms in total. The summed E-state index contributed by atoms with van der Waals surface area (Å²) in [6.07, 6.45) is 5.75. The standard InChI is InChI=1S/C17H11F3N6O2/c18-9-2-3-13(28-17(19)20)10(6-9)14-12(8-22-25-14)24-16(27)11-7-23-26-5-1-4-21-15(11)26/h1-8,17H,(H,22,25)(H,24,27). The predicted octanol–water partition coefficient (Wildman–Crippen LogP) is 3.11. The van der Waals surface area contributed by atoms with Crippen molar-refractivity contribution < 1.29 is 22.7 Å². The maximum Gasteiger partial charge on any atom is 0.387 e. The van der Waals surface area contributed by atoms with Gasteiger partial charge in [0, 0.05) is 18.0 Å². The molecule has 0 fully saturated rings. The summed E-state index contributed by atoms with van der Waals surface area (Å²) in [5, 5.41) is 13.0. The summed E-state index contributed by atoms with van der Waals surface area (Å²) in [4.78, 5) is 16.7. The lowest BCUT2D eigenvalue weighted by Crippen LogP contribution is -2.12. The fourth-order valence-corrected chi connectivity index (χ4v) is 2.66. The highest BCUT2D eigenvalue weighted by Gasteiger charge is 2.20. The van der Waals surface area contributed by atoms with Crippen molar-refractivity contribution in [2.45, 2.75) is 6.61 Å². The zero-order valence-corrected chi connectivity index (χ0v) is 13.9. The number of nitrogens with zero attached hydrogens (tertiary/aromatic N) is 4. The van der Waals surface area contributed by atoms with Crippen LogP contribution in [-0.4, -0.2) is 37.3 Å². The minimum atomic E-state index is -3.10. The molecule has 0 saturated heterocycles. The van der Waals surface area contributed by atoms with Gasteiger partial charge in [-0.1, -0.05) is 0 Å². The Morgan fingerprint density at radius 2 is 2.14 bits per heavy atom. The Kier molecular flexibility index (Phi) is 4.39. The summed E-state index contributed by atoms with van der Waals surface area (Å²) in [6.45, 7) is -3.10. The monoisotopic (exact) mass is 388 g/mol. The summed E-state index contributed by atoms with van der Waals surface area (Å²) in [6, 6.07) is 4.71. The first-order valence-corrected chi connectivity index (χ1v) is 7.91. The van der Waals surface area contributed by atoms with Crippen LogP contribution in [-0.2, 0) is 0 Å².